The van der Waals surface area contributed by atoms with Gasteiger partial charge in [-0.05, 0) is 44.5 Å². The first-order valence-corrected chi connectivity index (χ1v) is 15.7. The fourth-order valence-corrected chi connectivity index (χ4v) is 8.59. The van der Waals surface area contributed by atoms with Crippen LogP contribution in [0.1, 0.15) is 52.6 Å². The summed E-state index contributed by atoms with van der Waals surface area (Å²) < 4.78 is 6.22. The maximum Gasteiger partial charge on any atom is 0.346 e. The number of hydrogen-bond donors (Lipinski definition) is 0. The highest BCUT2D eigenvalue weighted by Gasteiger charge is 2.47. The average molecular weight is 627 g/mol. The van der Waals surface area contributed by atoms with Gasteiger partial charge in [0.25, 0.3) is 11.8 Å². The Bertz CT molecular complexity index is 1760. The largest absolute Gasteiger partial charge is 0.462 e. The second-order valence-electron chi connectivity index (χ2n) is 10.5. The van der Waals surface area contributed by atoms with Crippen molar-refractivity contribution in [3.05, 3.63) is 110 Å². The molecule has 0 aliphatic carbocycles. The molecule has 0 saturated heterocycles. The van der Waals surface area contributed by atoms with Gasteiger partial charge < -0.3 is 4.74 Å². The van der Waals surface area contributed by atoms with E-state index >= 15 is 0 Å². The number of para-hydroxylation sites is 1. The molecule has 3 aromatic rings. The highest BCUT2D eigenvalue weighted by atomic mass is 32.2. The smallest absolute Gasteiger partial charge is 0.346 e. The van der Waals surface area contributed by atoms with Crippen LogP contribution in [0.3, 0.4) is 0 Å². The first kappa shape index (κ1) is 29.1. The Morgan fingerprint density at radius 3 is 2.05 bits per heavy atom. The van der Waals surface area contributed by atoms with Crippen molar-refractivity contribution < 1.29 is 23.9 Å². The Morgan fingerprint density at radius 1 is 0.837 bits per heavy atom. The van der Waals surface area contributed by atoms with Gasteiger partial charge in [0.2, 0.25) is 5.91 Å². The summed E-state index contributed by atoms with van der Waals surface area (Å²) >= 11 is 8.90. The van der Waals surface area contributed by atoms with Crippen LogP contribution >= 0.6 is 35.7 Å². The molecular formula is C33H26N2O5S3. The number of hydrogen-bond acceptors (Lipinski definition) is 8. The molecule has 3 aromatic carbocycles. The zero-order valence-corrected chi connectivity index (χ0v) is 26.0. The lowest BCUT2D eigenvalue weighted by Crippen LogP contribution is -2.58. The zero-order chi connectivity index (χ0) is 30.5. The molecule has 7 nitrogen and oxygen atoms in total. The molecule has 10 heteroatoms. The van der Waals surface area contributed by atoms with Gasteiger partial charge in [0.15, 0.2) is 0 Å². The van der Waals surface area contributed by atoms with E-state index in [1.807, 2.05) is 68.4 Å². The van der Waals surface area contributed by atoms with Crippen LogP contribution in [0.15, 0.2) is 88.0 Å². The summed E-state index contributed by atoms with van der Waals surface area (Å²) in [6.45, 7) is 5.31. The maximum atomic E-state index is 14.0. The lowest BCUT2D eigenvalue weighted by Gasteiger charge is -2.45. The maximum absolute atomic E-state index is 14.0. The third kappa shape index (κ3) is 4.83. The van der Waals surface area contributed by atoms with E-state index in [1.165, 1.54) is 23.5 Å². The van der Waals surface area contributed by atoms with Crippen molar-refractivity contribution in [2.45, 2.75) is 26.3 Å². The van der Waals surface area contributed by atoms with E-state index in [0.717, 1.165) is 30.7 Å². The van der Waals surface area contributed by atoms with Gasteiger partial charge in [-0.1, -0.05) is 96.4 Å². The van der Waals surface area contributed by atoms with Gasteiger partial charge in [0.1, 0.15) is 11.4 Å². The minimum atomic E-state index is -0.998. The molecule has 0 aromatic heterocycles. The predicted molar refractivity (Wildman–Crippen MR) is 175 cm³/mol. The quantitative estimate of drug-likeness (QED) is 0.136. The van der Waals surface area contributed by atoms with Gasteiger partial charge in [-0.3, -0.25) is 24.2 Å². The molecular weight excluding hydrogens is 601 g/mol. The molecule has 216 valence electrons. The fourth-order valence-electron chi connectivity index (χ4n) is 5.46. The van der Waals surface area contributed by atoms with Gasteiger partial charge in [0.05, 0.1) is 38.1 Å². The third-order valence-electron chi connectivity index (χ3n) is 7.47. The number of fused-ring (bicyclic) bond motifs is 2. The molecule has 43 heavy (non-hydrogen) atoms. The van der Waals surface area contributed by atoms with Crippen LogP contribution in [0.2, 0.25) is 0 Å². The van der Waals surface area contributed by atoms with Crippen molar-refractivity contribution in [2.24, 2.45) is 0 Å². The summed E-state index contributed by atoms with van der Waals surface area (Å²) in [7, 11) is 0. The van der Waals surface area contributed by atoms with Crippen LogP contribution < -0.4 is 4.90 Å². The monoisotopic (exact) mass is 626 g/mol. The molecule has 0 atom stereocenters. The standard InChI is InChI=1S/C33H26N2O5S3/c1-4-40-31(39)27-26(19-12-6-5-7-13-19)42-32(43-27)25-22-16-10-11-17-23(22)35(33(2,3)28(25)41)24(36)18-34-29(37)20-14-8-9-15-21(20)30(34)38/h5-17H,4,18H2,1-3H3. The van der Waals surface area contributed by atoms with Crippen LogP contribution in [-0.2, 0) is 14.3 Å². The van der Waals surface area contributed by atoms with Crippen LogP contribution in [-0.4, -0.2) is 52.1 Å². The first-order valence-electron chi connectivity index (χ1n) is 13.6. The number of carbonyl (C=O) groups excluding carboxylic acids is 4. The number of benzene rings is 3. The number of nitrogens with zero attached hydrogens (tertiary/aromatic N) is 2. The van der Waals surface area contributed by atoms with Crippen LogP contribution in [0, 0.1) is 0 Å². The lowest BCUT2D eigenvalue weighted by molar-refractivity contribution is -0.137. The Hall–Kier alpha value is -3.99. The Kier molecular flexibility index (Phi) is 7.62. The summed E-state index contributed by atoms with van der Waals surface area (Å²) in [5.41, 5.74) is 2.58. The topological polar surface area (TPSA) is 84.0 Å². The van der Waals surface area contributed by atoms with Crippen molar-refractivity contribution in [1.29, 1.82) is 0 Å². The van der Waals surface area contributed by atoms with Crippen LogP contribution in [0.5, 0.6) is 0 Å². The number of imide groups is 1. The van der Waals surface area contributed by atoms with Gasteiger partial charge >= 0.3 is 5.97 Å². The molecule has 3 aliphatic heterocycles. The second kappa shape index (κ2) is 11.3. The van der Waals surface area contributed by atoms with Gasteiger partial charge in [-0.15, -0.1) is 0 Å². The minimum Gasteiger partial charge on any atom is -0.462 e. The molecule has 0 saturated carbocycles. The number of esters is 1. The lowest BCUT2D eigenvalue weighted by atomic mass is 9.83. The third-order valence-corrected chi connectivity index (χ3v) is 10.8. The number of thiocarbonyl (C=S) groups is 1. The Balaban J connectivity index is 1.40. The zero-order valence-electron chi connectivity index (χ0n) is 23.6. The summed E-state index contributed by atoms with van der Waals surface area (Å²) in [5, 5.41) is 0. The molecule has 3 heterocycles. The number of amides is 3. The number of ether oxygens (including phenoxy) is 1. The molecule has 0 spiro atoms. The highest BCUT2D eigenvalue weighted by molar-refractivity contribution is 8.32. The van der Waals surface area contributed by atoms with Crippen molar-refractivity contribution in [3.63, 3.8) is 0 Å². The van der Waals surface area contributed by atoms with E-state index < -0.39 is 35.8 Å². The van der Waals surface area contributed by atoms with Crippen LogP contribution in [0.25, 0.3) is 10.5 Å². The summed E-state index contributed by atoms with van der Waals surface area (Å²) in [6, 6.07) is 23.7. The number of rotatable bonds is 5. The fraction of sp³-hybridized carbons (Fsp3) is 0.182. The van der Waals surface area contributed by atoms with E-state index in [1.54, 1.807) is 36.1 Å². The second-order valence-corrected chi connectivity index (χ2v) is 13.2. The van der Waals surface area contributed by atoms with E-state index in [-0.39, 0.29) is 17.7 Å². The number of carbonyl (C=O) groups is 4. The summed E-state index contributed by atoms with van der Waals surface area (Å²) in [4.78, 5) is 57.6. The van der Waals surface area contributed by atoms with Crippen LogP contribution in [0.4, 0.5) is 5.69 Å². The van der Waals surface area contributed by atoms with E-state index in [2.05, 4.69) is 0 Å². The normalized spacial score (nSPS) is 19.1. The molecule has 0 N–H and O–H groups in total. The van der Waals surface area contributed by atoms with Crippen molar-refractivity contribution in [3.8, 4) is 0 Å². The van der Waals surface area contributed by atoms with Gasteiger partial charge in [-0.25, -0.2) is 4.79 Å². The van der Waals surface area contributed by atoms with E-state index in [9.17, 15) is 19.2 Å². The number of thioether (sulfide) groups is 2. The molecule has 0 bridgehead atoms. The van der Waals surface area contributed by atoms with Crippen molar-refractivity contribution in [2.75, 3.05) is 18.1 Å². The Morgan fingerprint density at radius 2 is 1.42 bits per heavy atom. The molecule has 3 amide bonds. The molecule has 0 unspecified atom stereocenters. The molecule has 0 fully saturated rings. The Labute approximate surface area is 263 Å². The molecule has 6 rings (SSSR count). The molecule has 3 aliphatic rings. The summed E-state index contributed by atoms with van der Waals surface area (Å²) in [5.74, 6) is -1.82. The van der Waals surface area contributed by atoms with Gasteiger partial charge in [0, 0.05) is 16.0 Å². The summed E-state index contributed by atoms with van der Waals surface area (Å²) in [6.07, 6.45) is 0. The van der Waals surface area contributed by atoms with E-state index in [4.69, 9.17) is 17.0 Å². The highest BCUT2D eigenvalue weighted by Crippen LogP contribution is 2.58. The van der Waals surface area contributed by atoms with Gasteiger partial charge in [-0.2, -0.15) is 0 Å². The van der Waals surface area contributed by atoms with E-state index in [0.29, 0.717) is 15.5 Å². The first-order chi connectivity index (χ1) is 20.6. The van der Waals surface area contributed by atoms with Crippen molar-refractivity contribution in [1.82, 2.24) is 4.90 Å². The average Bonchev–Trinajstić information content (AvgIpc) is 3.54. The minimum absolute atomic E-state index is 0.250. The SMILES string of the molecule is CCOC(=O)C1=C(c2ccccc2)SC(=C2C(=S)C(C)(C)N(C(=O)CN3C(=O)c4ccccc4C3=O)c3ccccc32)S1. The number of anilines is 1. The molecule has 0 radical (unpaired) electrons. The van der Waals surface area contributed by atoms with Crippen molar-refractivity contribution >= 4 is 80.5 Å². The predicted octanol–water partition coefficient (Wildman–Crippen LogP) is 6.56.